The van der Waals surface area contributed by atoms with Crippen LogP contribution in [0.3, 0.4) is 0 Å². The molecule has 2 aromatic heterocycles. The highest BCUT2D eigenvalue weighted by atomic mass is 32.2. The molecule has 1 aliphatic heterocycles. The van der Waals surface area contributed by atoms with Crippen LogP contribution in [-0.4, -0.2) is 66.1 Å². The van der Waals surface area contributed by atoms with Crippen LogP contribution in [0.25, 0.3) is 11.2 Å². The maximum atomic E-state index is 12.3. The molecule has 1 aromatic carbocycles. The fourth-order valence-corrected chi connectivity index (χ4v) is 4.03. The molecule has 31 heavy (non-hydrogen) atoms. The quantitative estimate of drug-likeness (QED) is 0.473. The largest absolute Gasteiger partial charge is 0.573 e. The first-order valence-corrected chi connectivity index (χ1v) is 10.0. The molecule has 0 radical (unpaired) electrons. The third kappa shape index (κ3) is 4.60. The van der Waals surface area contributed by atoms with Crippen molar-refractivity contribution in [3.8, 4) is 5.75 Å². The highest BCUT2D eigenvalue weighted by molar-refractivity contribution is 7.98. The van der Waals surface area contributed by atoms with Gasteiger partial charge in [-0.25, -0.2) is 15.0 Å². The second-order valence-corrected chi connectivity index (χ2v) is 7.73. The number of imidazole rings is 1. The minimum atomic E-state index is -4.75. The second kappa shape index (κ2) is 8.59. The average Bonchev–Trinajstić information content (AvgIpc) is 3.28. The number of nitrogens with zero attached hydrogens (tertiary/aromatic N) is 4. The van der Waals surface area contributed by atoms with Crippen molar-refractivity contribution in [2.45, 2.75) is 41.6 Å². The Bertz CT molecular complexity index is 1050. The third-order valence-electron chi connectivity index (χ3n) is 4.66. The Hall–Kier alpha value is -2.45. The van der Waals surface area contributed by atoms with Crippen molar-refractivity contribution < 1.29 is 38.0 Å². The summed E-state index contributed by atoms with van der Waals surface area (Å²) in [6.07, 6.45) is -6.47. The summed E-state index contributed by atoms with van der Waals surface area (Å²) in [7, 11) is 0. The molecule has 3 N–H and O–H groups in total. The predicted molar refractivity (Wildman–Crippen MR) is 101 cm³/mol. The van der Waals surface area contributed by atoms with E-state index in [0.717, 1.165) is 0 Å². The van der Waals surface area contributed by atoms with Gasteiger partial charge in [0.15, 0.2) is 11.9 Å². The maximum absolute atomic E-state index is 12.3. The lowest BCUT2D eigenvalue weighted by Crippen LogP contribution is -2.33. The average molecular weight is 458 g/mol. The lowest BCUT2D eigenvalue weighted by Gasteiger charge is -2.16. The van der Waals surface area contributed by atoms with Crippen molar-refractivity contribution in [3.63, 3.8) is 0 Å². The summed E-state index contributed by atoms with van der Waals surface area (Å²) in [5.74, 6) is 0.0457. The van der Waals surface area contributed by atoms with E-state index >= 15 is 0 Å². The summed E-state index contributed by atoms with van der Waals surface area (Å²) < 4.78 is 47.6. The van der Waals surface area contributed by atoms with Crippen LogP contribution < -0.4 is 4.74 Å². The van der Waals surface area contributed by atoms with Gasteiger partial charge in [-0.3, -0.25) is 4.57 Å². The zero-order chi connectivity index (χ0) is 22.2. The topological polar surface area (TPSA) is 123 Å². The van der Waals surface area contributed by atoms with Gasteiger partial charge in [0.25, 0.3) is 0 Å². The number of aromatic nitrogens is 4. The number of halogens is 3. The Morgan fingerprint density at radius 2 is 1.84 bits per heavy atom. The van der Waals surface area contributed by atoms with E-state index < -0.39 is 37.5 Å². The molecule has 9 nitrogen and oxygen atoms in total. The second-order valence-electron chi connectivity index (χ2n) is 6.68. The van der Waals surface area contributed by atoms with Crippen LogP contribution in [0.2, 0.25) is 0 Å². The van der Waals surface area contributed by atoms with Crippen LogP contribution in [0.4, 0.5) is 13.2 Å². The Morgan fingerprint density at radius 3 is 2.48 bits per heavy atom. The molecule has 4 rings (SSSR count). The molecule has 1 aliphatic rings. The van der Waals surface area contributed by atoms with E-state index in [0.29, 0.717) is 27.5 Å². The van der Waals surface area contributed by atoms with Crippen molar-refractivity contribution in [3.05, 3.63) is 42.6 Å². The summed E-state index contributed by atoms with van der Waals surface area (Å²) in [6.45, 7) is -0.453. The van der Waals surface area contributed by atoms with Crippen LogP contribution >= 0.6 is 11.8 Å². The Kier molecular flexibility index (Phi) is 6.03. The number of hydrogen-bond donors (Lipinski definition) is 3. The third-order valence-corrected chi connectivity index (χ3v) is 5.68. The van der Waals surface area contributed by atoms with Crippen molar-refractivity contribution in [2.24, 2.45) is 0 Å². The van der Waals surface area contributed by atoms with Crippen LogP contribution in [0, 0.1) is 0 Å². The van der Waals surface area contributed by atoms with E-state index in [1.807, 2.05) is 0 Å². The first-order chi connectivity index (χ1) is 14.8. The van der Waals surface area contributed by atoms with Gasteiger partial charge in [-0.15, -0.1) is 24.9 Å². The fourth-order valence-electron chi connectivity index (χ4n) is 3.19. The molecule has 0 saturated carbocycles. The number of rotatable bonds is 6. The monoisotopic (exact) mass is 458 g/mol. The first-order valence-electron chi connectivity index (χ1n) is 9.04. The molecule has 0 aliphatic carbocycles. The molecular weight excluding hydrogens is 441 g/mol. The van der Waals surface area contributed by atoms with Crippen LogP contribution in [0.5, 0.6) is 5.75 Å². The molecule has 1 fully saturated rings. The highest BCUT2D eigenvalue weighted by Gasteiger charge is 2.44. The maximum Gasteiger partial charge on any atom is 0.573 e. The number of hydrogen-bond acceptors (Lipinski definition) is 9. The van der Waals surface area contributed by atoms with E-state index in [2.05, 4.69) is 19.7 Å². The first kappa shape index (κ1) is 21.8. The molecule has 166 valence electrons. The Labute approximate surface area is 177 Å². The number of fused-ring (bicyclic) bond motifs is 1. The Balaban J connectivity index is 1.50. The van der Waals surface area contributed by atoms with Crippen LogP contribution in [0.1, 0.15) is 11.9 Å². The minimum absolute atomic E-state index is 0.307. The van der Waals surface area contributed by atoms with E-state index in [1.165, 1.54) is 53.2 Å². The number of ether oxygens (including phenoxy) is 2. The zero-order valence-corrected chi connectivity index (χ0v) is 16.5. The van der Waals surface area contributed by atoms with Crippen molar-refractivity contribution in [1.29, 1.82) is 0 Å². The Morgan fingerprint density at radius 1 is 1.10 bits per heavy atom. The molecule has 0 bridgehead atoms. The lowest BCUT2D eigenvalue weighted by molar-refractivity contribution is -0.274. The van der Waals surface area contributed by atoms with Crippen LogP contribution in [-0.2, 0) is 10.5 Å². The molecule has 3 aromatic rings. The van der Waals surface area contributed by atoms with Gasteiger partial charge in [0.1, 0.15) is 35.9 Å². The van der Waals surface area contributed by atoms with Gasteiger partial charge in [0, 0.05) is 10.6 Å². The number of aliphatic hydroxyl groups is 3. The molecule has 13 heteroatoms. The van der Waals surface area contributed by atoms with Crippen LogP contribution in [0.15, 0.2) is 41.8 Å². The summed E-state index contributed by atoms with van der Waals surface area (Å²) in [5, 5.41) is 29.5. The van der Waals surface area contributed by atoms with Gasteiger partial charge in [0.05, 0.1) is 18.6 Å². The highest BCUT2D eigenvalue weighted by Crippen LogP contribution is 2.33. The van der Waals surface area contributed by atoms with Gasteiger partial charge in [-0.2, -0.15) is 0 Å². The number of benzene rings is 1. The summed E-state index contributed by atoms with van der Waals surface area (Å²) >= 11 is 1.33. The molecule has 1 saturated heterocycles. The van der Waals surface area contributed by atoms with Crippen molar-refractivity contribution in [1.82, 2.24) is 19.5 Å². The lowest BCUT2D eigenvalue weighted by atomic mass is 10.1. The smallest absolute Gasteiger partial charge is 0.406 e. The summed E-state index contributed by atoms with van der Waals surface area (Å²) in [5.41, 5.74) is 1.38. The van der Waals surface area contributed by atoms with Gasteiger partial charge in [0.2, 0.25) is 0 Å². The van der Waals surface area contributed by atoms with Gasteiger partial charge in [-0.1, -0.05) is 0 Å². The number of aliphatic hydroxyl groups excluding tert-OH is 3. The normalized spacial score (nSPS) is 24.1. The molecule has 3 heterocycles. The van der Waals surface area contributed by atoms with E-state index in [4.69, 9.17) is 4.74 Å². The zero-order valence-electron chi connectivity index (χ0n) is 15.7. The van der Waals surface area contributed by atoms with E-state index in [9.17, 15) is 28.5 Å². The SMILES string of the molecule is OC[C@H]1O[C@@H](n2cnc3c(CSc4ccc(OC(F)(F)F)cc4)ncnc32)[C@H](O)[C@@H]1O. The summed E-state index contributed by atoms with van der Waals surface area (Å²) in [4.78, 5) is 13.4. The number of thioether (sulfide) groups is 1. The van der Waals surface area contributed by atoms with Gasteiger partial charge < -0.3 is 24.8 Å². The van der Waals surface area contributed by atoms with Crippen molar-refractivity contribution in [2.75, 3.05) is 6.61 Å². The minimum Gasteiger partial charge on any atom is -0.406 e. The molecular formula is C18H17F3N4O5S. The van der Waals surface area contributed by atoms with E-state index in [-0.39, 0.29) is 5.75 Å². The number of alkyl halides is 3. The van der Waals surface area contributed by atoms with Gasteiger partial charge in [-0.05, 0) is 24.3 Å². The molecule has 0 unspecified atom stereocenters. The van der Waals surface area contributed by atoms with Gasteiger partial charge >= 0.3 is 6.36 Å². The standard InChI is InChI=1S/C18H17F3N4O5S/c19-18(20,21)30-9-1-3-10(4-2-9)31-6-11-13-16(23-7-22-11)25(8-24-13)17-15(28)14(27)12(5-26)29-17/h1-4,7-8,12,14-15,17,26-28H,5-6H2/t12-,14-,15-,17-/m1/s1. The molecule has 0 spiro atoms. The molecule has 0 amide bonds. The van der Waals surface area contributed by atoms with Crippen molar-refractivity contribution >= 4 is 22.9 Å². The summed E-state index contributed by atoms with van der Waals surface area (Å²) in [6, 6.07) is 5.45. The molecule has 4 atom stereocenters. The fraction of sp³-hybridized carbons (Fsp3) is 0.389. The van der Waals surface area contributed by atoms with E-state index in [1.54, 1.807) is 0 Å². The predicted octanol–water partition coefficient (Wildman–Crippen LogP) is 1.63.